The van der Waals surface area contributed by atoms with Gasteiger partial charge in [-0.1, -0.05) is 11.6 Å². The van der Waals surface area contributed by atoms with Crippen molar-refractivity contribution < 1.29 is 5.11 Å². The molecule has 4 aliphatic carbocycles. The molecule has 0 radical (unpaired) electrons. The van der Waals surface area contributed by atoms with Gasteiger partial charge in [0.25, 0.3) is 0 Å². The topological polar surface area (TPSA) is 32.3 Å². The van der Waals surface area contributed by atoms with Gasteiger partial charge in [-0.25, -0.2) is 0 Å². The molecule has 108 valence electrons. The van der Waals surface area contributed by atoms with Crippen LogP contribution in [0.15, 0.2) is 24.3 Å². The van der Waals surface area contributed by atoms with E-state index < -0.39 is 0 Å². The van der Waals surface area contributed by atoms with Gasteiger partial charge >= 0.3 is 0 Å². The van der Waals surface area contributed by atoms with Crippen LogP contribution < -0.4 is 5.32 Å². The largest absolute Gasteiger partial charge is 0.394 e. The molecule has 1 aromatic carbocycles. The van der Waals surface area contributed by atoms with Gasteiger partial charge in [0, 0.05) is 10.7 Å². The summed E-state index contributed by atoms with van der Waals surface area (Å²) in [6.07, 6.45) is 6.64. The Bertz CT molecular complexity index is 470. The smallest absolute Gasteiger partial charge is 0.0667 e. The molecule has 20 heavy (non-hydrogen) atoms. The van der Waals surface area contributed by atoms with Gasteiger partial charge in [0.05, 0.1) is 12.1 Å². The number of hydrogen-bond donors (Lipinski definition) is 2. The van der Waals surface area contributed by atoms with Gasteiger partial charge in [0.15, 0.2) is 0 Å². The normalized spacial score (nSPS) is 41.9. The molecule has 4 fully saturated rings. The van der Waals surface area contributed by atoms with Gasteiger partial charge in [-0.3, -0.25) is 0 Å². The molecule has 1 aromatic rings. The fourth-order valence-electron chi connectivity index (χ4n) is 5.33. The van der Waals surface area contributed by atoms with E-state index >= 15 is 0 Å². The third-order valence-corrected chi connectivity index (χ3v) is 6.33. The van der Waals surface area contributed by atoms with E-state index in [9.17, 15) is 5.11 Å². The first-order chi connectivity index (χ1) is 9.69. The predicted molar refractivity (Wildman–Crippen MR) is 81.9 cm³/mol. The molecule has 0 amide bonds. The van der Waals surface area contributed by atoms with Gasteiger partial charge in [0.1, 0.15) is 0 Å². The fraction of sp³-hybridized carbons (Fsp3) is 0.647. The van der Waals surface area contributed by atoms with Gasteiger partial charge in [0.2, 0.25) is 0 Å². The quantitative estimate of drug-likeness (QED) is 0.884. The van der Waals surface area contributed by atoms with E-state index in [0.29, 0.717) is 11.8 Å². The molecule has 4 aliphatic rings. The van der Waals surface area contributed by atoms with E-state index in [-0.39, 0.29) is 12.1 Å². The minimum absolute atomic E-state index is 0.0960. The Balaban J connectivity index is 1.64. The predicted octanol–water partition coefficient (Wildman–Crippen LogP) is 3.94. The monoisotopic (exact) mass is 291 g/mol. The summed E-state index contributed by atoms with van der Waals surface area (Å²) in [7, 11) is 0. The number of benzene rings is 1. The average molecular weight is 292 g/mol. The average Bonchev–Trinajstić information content (AvgIpc) is 2.44. The maximum atomic E-state index is 10.2. The van der Waals surface area contributed by atoms with Gasteiger partial charge in [-0.05, 0) is 80.0 Å². The van der Waals surface area contributed by atoms with Crippen LogP contribution in [0.25, 0.3) is 0 Å². The van der Waals surface area contributed by atoms with Gasteiger partial charge in [-0.2, -0.15) is 0 Å². The molecule has 2 N–H and O–H groups in total. The maximum Gasteiger partial charge on any atom is 0.0667 e. The third kappa shape index (κ3) is 1.88. The highest BCUT2D eigenvalue weighted by Gasteiger charge is 2.56. The summed E-state index contributed by atoms with van der Waals surface area (Å²) in [5, 5.41) is 14.6. The number of hydrogen-bond acceptors (Lipinski definition) is 2. The molecule has 0 saturated heterocycles. The first-order valence-corrected chi connectivity index (χ1v) is 8.22. The summed E-state index contributed by atoms with van der Waals surface area (Å²) in [6.45, 7) is 0.254. The van der Waals surface area contributed by atoms with E-state index in [4.69, 9.17) is 11.6 Å². The Hall–Kier alpha value is -0.730. The van der Waals surface area contributed by atoms with E-state index in [0.717, 1.165) is 22.5 Å². The molecule has 0 aromatic heterocycles. The van der Waals surface area contributed by atoms with Crippen molar-refractivity contribution in [3.63, 3.8) is 0 Å². The first-order valence-electron chi connectivity index (χ1n) is 7.84. The Labute approximate surface area is 125 Å². The summed E-state index contributed by atoms with van der Waals surface area (Å²) < 4.78 is 0. The molecule has 2 nitrogen and oxygen atoms in total. The Morgan fingerprint density at radius 1 is 1.00 bits per heavy atom. The van der Waals surface area contributed by atoms with Crippen molar-refractivity contribution >= 4 is 17.3 Å². The Morgan fingerprint density at radius 3 is 2.05 bits per heavy atom. The number of aliphatic hydroxyl groups excluding tert-OH is 1. The van der Waals surface area contributed by atoms with Crippen LogP contribution in [0.4, 0.5) is 5.69 Å². The second-order valence-electron chi connectivity index (χ2n) is 7.13. The second kappa shape index (κ2) is 4.64. The summed E-state index contributed by atoms with van der Waals surface area (Å²) in [4.78, 5) is 0. The van der Waals surface area contributed by atoms with Crippen LogP contribution in [-0.2, 0) is 0 Å². The highest BCUT2D eigenvalue weighted by molar-refractivity contribution is 6.30. The van der Waals surface area contributed by atoms with Crippen molar-refractivity contribution in [1.29, 1.82) is 0 Å². The lowest BCUT2D eigenvalue weighted by atomic mass is 9.48. The molecule has 4 bridgehead atoms. The zero-order chi connectivity index (χ0) is 13.7. The Kier molecular flexibility index (Phi) is 3.01. The first kappa shape index (κ1) is 13.0. The van der Waals surface area contributed by atoms with Crippen LogP contribution in [-0.4, -0.2) is 17.3 Å². The molecule has 3 heteroatoms. The molecular formula is C17H22ClNO. The minimum atomic E-state index is -0.0960. The number of halogens is 1. The molecule has 0 aliphatic heterocycles. The SMILES string of the molecule is OCC1(Nc2ccc(Cl)cc2)C2CC3CC(C2)CC1C3. The van der Waals surface area contributed by atoms with Crippen LogP contribution in [0.5, 0.6) is 0 Å². The summed E-state index contributed by atoms with van der Waals surface area (Å²) >= 11 is 5.97. The minimum Gasteiger partial charge on any atom is -0.394 e. The zero-order valence-electron chi connectivity index (χ0n) is 11.7. The number of anilines is 1. The highest BCUT2D eigenvalue weighted by atomic mass is 35.5. The van der Waals surface area contributed by atoms with Crippen LogP contribution in [0.3, 0.4) is 0 Å². The van der Waals surface area contributed by atoms with E-state index in [2.05, 4.69) is 5.32 Å². The molecule has 5 rings (SSSR count). The van der Waals surface area contributed by atoms with E-state index in [1.807, 2.05) is 24.3 Å². The lowest BCUT2D eigenvalue weighted by Gasteiger charge is -2.61. The maximum absolute atomic E-state index is 10.2. The molecule has 0 atom stereocenters. The lowest BCUT2D eigenvalue weighted by Crippen LogP contribution is -2.63. The number of rotatable bonds is 3. The number of nitrogens with one attached hydrogen (secondary N) is 1. The third-order valence-electron chi connectivity index (χ3n) is 6.08. The fourth-order valence-corrected chi connectivity index (χ4v) is 5.46. The van der Waals surface area contributed by atoms with Gasteiger partial charge in [-0.15, -0.1) is 0 Å². The van der Waals surface area contributed by atoms with Crippen molar-refractivity contribution in [3.8, 4) is 0 Å². The van der Waals surface area contributed by atoms with Crippen molar-refractivity contribution in [1.82, 2.24) is 0 Å². The molecule has 4 saturated carbocycles. The molecule has 0 spiro atoms. The summed E-state index contributed by atoms with van der Waals surface area (Å²) in [6, 6.07) is 7.91. The summed E-state index contributed by atoms with van der Waals surface area (Å²) in [5.74, 6) is 3.12. The molecular weight excluding hydrogens is 270 g/mol. The summed E-state index contributed by atoms with van der Waals surface area (Å²) in [5.41, 5.74) is 0.997. The van der Waals surface area contributed by atoms with E-state index in [1.54, 1.807) is 0 Å². The molecule has 0 unspecified atom stereocenters. The van der Waals surface area contributed by atoms with Crippen LogP contribution in [0.2, 0.25) is 5.02 Å². The molecule has 0 heterocycles. The van der Waals surface area contributed by atoms with Crippen molar-refractivity contribution in [3.05, 3.63) is 29.3 Å². The Morgan fingerprint density at radius 2 is 1.55 bits per heavy atom. The van der Waals surface area contributed by atoms with Crippen LogP contribution in [0.1, 0.15) is 32.1 Å². The standard InChI is InChI=1S/C17H22ClNO/c18-15-1-3-16(4-2-15)19-17(10-20)13-6-11-5-12(8-13)9-14(17)7-11/h1-4,11-14,19-20H,5-10H2. The zero-order valence-corrected chi connectivity index (χ0v) is 12.4. The van der Waals surface area contributed by atoms with Gasteiger partial charge < -0.3 is 10.4 Å². The second-order valence-corrected chi connectivity index (χ2v) is 7.57. The number of aliphatic hydroxyl groups is 1. The van der Waals surface area contributed by atoms with Crippen LogP contribution in [0, 0.1) is 23.7 Å². The lowest BCUT2D eigenvalue weighted by molar-refractivity contribution is -0.0655. The highest BCUT2D eigenvalue weighted by Crippen LogP contribution is 2.58. The van der Waals surface area contributed by atoms with Crippen molar-refractivity contribution in [2.75, 3.05) is 11.9 Å². The van der Waals surface area contributed by atoms with Crippen LogP contribution >= 0.6 is 11.6 Å². The van der Waals surface area contributed by atoms with E-state index in [1.165, 1.54) is 32.1 Å². The van der Waals surface area contributed by atoms with Crippen molar-refractivity contribution in [2.24, 2.45) is 23.7 Å². The van der Waals surface area contributed by atoms with Crippen molar-refractivity contribution in [2.45, 2.75) is 37.6 Å².